The minimum Gasteiger partial charge on any atom is -0.456 e. The van der Waals surface area contributed by atoms with Crippen LogP contribution in [0.1, 0.15) is 0 Å². The van der Waals surface area contributed by atoms with E-state index in [1.54, 1.807) is 0 Å². The van der Waals surface area contributed by atoms with Gasteiger partial charge in [0.05, 0.1) is 22.1 Å². The highest BCUT2D eigenvalue weighted by atomic mass is 16.3. The van der Waals surface area contributed by atoms with Crippen LogP contribution in [0.2, 0.25) is 0 Å². The lowest BCUT2D eigenvalue weighted by Gasteiger charge is -2.10. The number of fused-ring (bicyclic) bond motifs is 12. The lowest BCUT2D eigenvalue weighted by molar-refractivity contribution is 0.669. The van der Waals surface area contributed by atoms with Gasteiger partial charge in [0, 0.05) is 49.8 Å². The fraction of sp³-hybridized carbons (Fsp3) is 0. The molecule has 0 saturated carbocycles. The molecule has 47 heavy (non-hydrogen) atoms. The number of hydrogen-bond donors (Lipinski definition) is 0. The van der Waals surface area contributed by atoms with E-state index in [9.17, 15) is 0 Å². The Bertz CT molecular complexity index is 3070. The Kier molecular flexibility index (Phi) is 4.84. The average molecular weight is 599 g/mol. The highest BCUT2D eigenvalue weighted by molar-refractivity contribution is 6.25. The molecule has 11 rings (SSSR count). The summed E-state index contributed by atoms with van der Waals surface area (Å²) in [6.45, 7) is 0. The van der Waals surface area contributed by atoms with Gasteiger partial charge in [-0.15, -0.1) is 0 Å². The van der Waals surface area contributed by atoms with Gasteiger partial charge in [-0.05, 0) is 82.2 Å². The van der Waals surface area contributed by atoms with E-state index in [1.807, 2.05) is 0 Å². The van der Waals surface area contributed by atoms with Gasteiger partial charge in [0.15, 0.2) is 0 Å². The van der Waals surface area contributed by atoms with Crippen molar-refractivity contribution in [3.8, 4) is 11.4 Å². The van der Waals surface area contributed by atoms with Crippen LogP contribution in [-0.2, 0) is 0 Å². The zero-order valence-corrected chi connectivity index (χ0v) is 25.3. The maximum absolute atomic E-state index is 6.53. The number of hydrogen-bond acceptors (Lipinski definition) is 1. The Morgan fingerprint density at radius 1 is 0.319 bits per heavy atom. The normalized spacial score (nSPS) is 12.3. The van der Waals surface area contributed by atoms with Gasteiger partial charge in [0.1, 0.15) is 11.2 Å². The lowest BCUT2D eigenvalue weighted by Crippen LogP contribution is -1.95. The second kappa shape index (κ2) is 9.12. The molecule has 3 heteroatoms. The lowest BCUT2D eigenvalue weighted by atomic mass is 10.0. The predicted molar refractivity (Wildman–Crippen MR) is 197 cm³/mol. The van der Waals surface area contributed by atoms with Crippen LogP contribution < -0.4 is 0 Å². The molecule has 3 aromatic heterocycles. The fourth-order valence-electron chi connectivity index (χ4n) is 7.97. The second-order valence-electron chi connectivity index (χ2n) is 12.6. The van der Waals surface area contributed by atoms with Crippen molar-refractivity contribution < 1.29 is 4.42 Å². The van der Waals surface area contributed by atoms with Gasteiger partial charge in [-0.25, -0.2) is 0 Å². The van der Waals surface area contributed by atoms with E-state index in [-0.39, 0.29) is 0 Å². The minimum absolute atomic E-state index is 0.893. The highest BCUT2D eigenvalue weighted by Gasteiger charge is 2.20. The summed E-state index contributed by atoms with van der Waals surface area (Å²) in [4.78, 5) is 0. The zero-order chi connectivity index (χ0) is 30.6. The third-order valence-electron chi connectivity index (χ3n) is 10.0. The van der Waals surface area contributed by atoms with E-state index in [1.165, 1.54) is 65.2 Å². The maximum atomic E-state index is 6.53. The van der Waals surface area contributed by atoms with Gasteiger partial charge in [-0.1, -0.05) is 91.0 Å². The van der Waals surface area contributed by atoms with Crippen LogP contribution in [0.3, 0.4) is 0 Å². The Labute approximate surface area is 269 Å². The van der Waals surface area contributed by atoms with Crippen LogP contribution in [0.15, 0.2) is 162 Å². The molecule has 218 valence electrons. The molecule has 3 nitrogen and oxygen atoms in total. The first-order chi connectivity index (χ1) is 23.3. The van der Waals surface area contributed by atoms with Gasteiger partial charge < -0.3 is 13.6 Å². The molecule has 0 unspecified atom stereocenters. The van der Waals surface area contributed by atoms with Gasteiger partial charge in [0.25, 0.3) is 0 Å². The summed E-state index contributed by atoms with van der Waals surface area (Å²) in [5, 5.41) is 12.2. The van der Waals surface area contributed by atoms with Crippen LogP contribution >= 0.6 is 0 Å². The average Bonchev–Trinajstić information content (AvgIpc) is 3.76. The largest absolute Gasteiger partial charge is 0.456 e. The van der Waals surface area contributed by atoms with E-state index in [0.717, 1.165) is 33.3 Å². The Morgan fingerprint density at radius 2 is 1.00 bits per heavy atom. The molecule has 0 radical (unpaired) electrons. The van der Waals surface area contributed by atoms with Gasteiger partial charge >= 0.3 is 0 Å². The summed E-state index contributed by atoms with van der Waals surface area (Å²) in [5.41, 5.74) is 8.80. The van der Waals surface area contributed by atoms with Crippen molar-refractivity contribution in [1.82, 2.24) is 9.13 Å². The summed E-state index contributed by atoms with van der Waals surface area (Å²) >= 11 is 0. The third-order valence-corrected chi connectivity index (χ3v) is 10.0. The van der Waals surface area contributed by atoms with Crippen molar-refractivity contribution in [2.24, 2.45) is 0 Å². The number of aromatic nitrogens is 2. The molecule has 0 aliphatic heterocycles. The van der Waals surface area contributed by atoms with E-state index in [2.05, 4.69) is 167 Å². The monoisotopic (exact) mass is 598 g/mol. The first-order valence-corrected chi connectivity index (χ1v) is 16.1. The molecule has 0 atom stereocenters. The summed E-state index contributed by atoms with van der Waals surface area (Å²) in [6.07, 6.45) is 0. The van der Waals surface area contributed by atoms with Crippen LogP contribution in [0.4, 0.5) is 0 Å². The molecule has 0 spiro atoms. The summed E-state index contributed by atoms with van der Waals surface area (Å²) < 4.78 is 11.4. The van der Waals surface area contributed by atoms with E-state index in [4.69, 9.17) is 4.42 Å². The second-order valence-corrected chi connectivity index (χ2v) is 12.6. The molecule has 0 aliphatic rings. The summed E-state index contributed by atoms with van der Waals surface area (Å²) in [6, 6.07) is 57.1. The smallest absolute Gasteiger partial charge is 0.137 e. The maximum Gasteiger partial charge on any atom is 0.137 e. The van der Waals surface area contributed by atoms with Crippen molar-refractivity contribution >= 4 is 87.1 Å². The molecule has 0 N–H and O–H groups in total. The van der Waals surface area contributed by atoms with Crippen LogP contribution in [0.5, 0.6) is 0 Å². The van der Waals surface area contributed by atoms with Crippen LogP contribution in [0.25, 0.3) is 98.5 Å². The van der Waals surface area contributed by atoms with Gasteiger partial charge in [0.2, 0.25) is 0 Å². The molecule has 0 bridgehead atoms. The number of benzene rings is 8. The molecular weight excluding hydrogens is 572 g/mol. The van der Waals surface area contributed by atoms with Crippen molar-refractivity contribution in [2.75, 3.05) is 0 Å². The van der Waals surface area contributed by atoms with Gasteiger partial charge in [-0.2, -0.15) is 0 Å². The Morgan fingerprint density at radius 3 is 1.87 bits per heavy atom. The third kappa shape index (κ3) is 3.40. The number of rotatable bonds is 2. The van der Waals surface area contributed by atoms with Gasteiger partial charge in [-0.3, -0.25) is 0 Å². The number of furan rings is 1. The fourth-order valence-corrected chi connectivity index (χ4v) is 7.97. The van der Waals surface area contributed by atoms with Crippen molar-refractivity contribution in [2.45, 2.75) is 0 Å². The molecule has 3 heterocycles. The number of nitrogens with zero attached hydrogens (tertiary/aromatic N) is 2. The quantitative estimate of drug-likeness (QED) is 0.194. The standard InChI is InChI=1S/C44H26N2O/c1-2-13-30(14-3-1)45-39-21-18-27-10-6-7-15-32(27)44(39)37-25-35-33-16-8-9-17-38(33)46(40(35)26-41(37)45)31-19-20-34-36-22-28-11-4-5-12-29(28)23-42(36)47-43(34)24-31/h1-26H. The Balaban J connectivity index is 1.26. The van der Waals surface area contributed by atoms with Crippen LogP contribution in [-0.4, -0.2) is 9.13 Å². The summed E-state index contributed by atoms with van der Waals surface area (Å²) in [7, 11) is 0. The molecule has 0 aliphatic carbocycles. The number of para-hydroxylation sites is 2. The van der Waals surface area contributed by atoms with E-state index in [0.29, 0.717) is 0 Å². The SMILES string of the molecule is c1ccc(-n2c3cc4c(cc3c3c5ccccc5ccc32)c2ccccc2n4-c2ccc3c(c2)oc2cc4ccccc4cc23)cc1. The molecule has 0 fully saturated rings. The molecule has 8 aromatic carbocycles. The molecular formula is C44H26N2O. The molecule has 11 aromatic rings. The van der Waals surface area contributed by atoms with Crippen molar-refractivity contribution in [1.29, 1.82) is 0 Å². The zero-order valence-electron chi connectivity index (χ0n) is 25.3. The van der Waals surface area contributed by atoms with E-state index < -0.39 is 0 Å². The molecule has 0 amide bonds. The summed E-state index contributed by atoms with van der Waals surface area (Å²) in [5.74, 6) is 0. The molecule has 0 saturated heterocycles. The highest BCUT2D eigenvalue weighted by Crippen LogP contribution is 2.42. The first kappa shape index (κ1) is 24.9. The van der Waals surface area contributed by atoms with E-state index >= 15 is 0 Å². The van der Waals surface area contributed by atoms with Crippen molar-refractivity contribution in [3.05, 3.63) is 158 Å². The topological polar surface area (TPSA) is 23.0 Å². The predicted octanol–water partition coefficient (Wildman–Crippen LogP) is 12.1. The van der Waals surface area contributed by atoms with Crippen molar-refractivity contribution in [3.63, 3.8) is 0 Å². The minimum atomic E-state index is 0.893. The first-order valence-electron chi connectivity index (χ1n) is 16.1. The Hall–Kier alpha value is -6.32. The van der Waals surface area contributed by atoms with Crippen LogP contribution in [0, 0.1) is 0 Å².